The molecule has 0 aliphatic carbocycles. The second kappa shape index (κ2) is 8.46. The molecule has 1 unspecified atom stereocenters. The molecule has 0 heterocycles. The van der Waals surface area contributed by atoms with Crippen molar-refractivity contribution >= 4 is 0 Å². The molecule has 0 amide bonds. The summed E-state index contributed by atoms with van der Waals surface area (Å²) in [6, 6.07) is 3.86. The van der Waals surface area contributed by atoms with E-state index in [9.17, 15) is 0 Å². The maximum Gasteiger partial charge on any atom is 0.122 e. The minimum atomic E-state index is -0.180. The summed E-state index contributed by atoms with van der Waals surface area (Å²) < 4.78 is 5.57. The minimum Gasteiger partial charge on any atom is -0.494 e. The van der Waals surface area contributed by atoms with Crippen LogP contribution in [0, 0.1) is 13.8 Å². The summed E-state index contributed by atoms with van der Waals surface area (Å²) in [5.41, 5.74) is 11.9. The number of unbranched alkanes of at least 4 members (excludes halogenated alkanes) is 1. The number of rotatable bonds is 8. The lowest BCUT2D eigenvalue weighted by Gasteiger charge is -2.17. The first kappa shape index (κ1) is 16.3. The Balaban J connectivity index is 3.01. The summed E-state index contributed by atoms with van der Waals surface area (Å²) >= 11 is 0. The molecule has 1 aromatic rings. The van der Waals surface area contributed by atoms with Crippen molar-refractivity contribution in [1.82, 2.24) is 0 Å². The molecule has 1 aromatic carbocycles. The third kappa shape index (κ3) is 4.44. The molecule has 0 spiro atoms. The Labute approximate surface area is 120 Å². The third-order valence-corrected chi connectivity index (χ3v) is 3.30. The monoisotopic (exact) mass is 277 g/mol. The Hall–Kier alpha value is -1.71. The summed E-state index contributed by atoms with van der Waals surface area (Å²) in [6.45, 7) is 6.76. The topological polar surface area (TPSA) is 78.2 Å². The van der Waals surface area contributed by atoms with Gasteiger partial charge in [-0.05, 0) is 61.9 Å². The van der Waals surface area contributed by atoms with Gasteiger partial charge in [0.1, 0.15) is 5.75 Å². The van der Waals surface area contributed by atoms with E-state index >= 15 is 0 Å². The summed E-state index contributed by atoms with van der Waals surface area (Å²) in [4.78, 5) is 2.95. The standard InChI is InChI=1S/C15H23N3O2/c1-4-20-15-10-11(2)13(9-12(15)3)14(17-18-16)7-5-6-8-19/h9-10,14,19H,4-8H2,1-3H3. The van der Waals surface area contributed by atoms with Crippen molar-refractivity contribution in [3.8, 4) is 5.75 Å². The van der Waals surface area contributed by atoms with E-state index in [1.54, 1.807) is 0 Å². The molecular formula is C15H23N3O2. The Morgan fingerprint density at radius 2 is 2.05 bits per heavy atom. The van der Waals surface area contributed by atoms with Crippen molar-refractivity contribution in [2.24, 2.45) is 5.11 Å². The van der Waals surface area contributed by atoms with Crippen LogP contribution < -0.4 is 4.74 Å². The number of ether oxygens (including phenoxy) is 1. The SMILES string of the molecule is CCOc1cc(C)c(C(CCCCO)N=[N+]=[N-])cc1C. The lowest BCUT2D eigenvalue weighted by molar-refractivity contribution is 0.281. The van der Waals surface area contributed by atoms with Crippen molar-refractivity contribution in [3.05, 3.63) is 39.3 Å². The number of azide groups is 1. The minimum absolute atomic E-state index is 0.171. The van der Waals surface area contributed by atoms with Crippen LogP contribution in [-0.4, -0.2) is 18.3 Å². The molecule has 0 aliphatic heterocycles. The Morgan fingerprint density at radius 3 is 2.65 bits per heavy atom. The lowest BCUT2D eigenvalue weighted by Crippen LogP contribution is -2.02. The molecule has 5 nitrogen and oxygen atoms in total. The average Bonchev–Trinajstić information content (AvgIpc) is 2.42. The summed E-state index contributed by atoms with van der Waals surface area (Å²) in [6.07, 6.45) is 2.32. The number of hydrogen-bond acceptors (Lipinski definition) is 3. The highest BCUT2D eigenvalue weighted by atomic mass is 16.5. The quantitative estimate of drug-likeness (QED) is 0.334. The maximum atomic E-state index is 8.85. The van der Waals surface area contributed by atoms with Gasteiger partial charge in [0.05, 0.1) is 12.6 Å². The molecule has 0 saturated heterocycles. The first-order valence-corrected chi connectivity index (χ1v) is 7.03. The van der Waals surface area contributed by atoms with Crippen LogP contribution in [0.15, 0.2) is 17.2 Å². The zero-order valence-electron chi connectivity index (χ0n) is 12.5. The van der Waals surface area contributed by atoms with Crippen molar-refractivity contribution in [1.29, 1.82) is 0 Å². The second-order valence-electron chi connectivity index (χ2n) is 4.85. The van der Waals surface area contributed by atoms with E-state index in [1.807, 2.05) is 32.9 Å². The maximum absolute atomic E-state index is 8.85. The van der Waals surface area contributed by atoms with Crippen LogP contribution in [0.3, 0.4) is 0 Å². The van der Waals surface area contributed by atoms with E-state index in [0.29, 0.717) is 6.61 Å². The van der Waals surface area contributed by atoms with Crippen LogP contribution in [0.1, 0.15) is 48.9 Å². The van der Waals surface area contributed by atoms with Gasteiger partial charge in [0, 0.05) is 11.5 Å². The first-order valence-electron chi connectivity index (χ1n) is 7.03. The largest absolute Gasteiger partial charge is 0.494 e. The van der Waals surface area contributed by atoms with Crippen molar-refractivity contribution < 1.29 is 9.84 Å². The Bertz CT molecular complexity index is 482. The van der Waals surface area contributed by atoms with Crippen LogP contribution in [-0.2, 0) is 0 Å². The van der Waals surface area contributed by atoms with Crippen LogP contribution in [0.2, 0.25) is 0 Å². The van der Waals surface area contributed by atoms with Gasteiger partial charge in [0.15, 0.2) is 0 Å². The van der Waals surface area contributed by atoms with E-state index in [1.165, 1.54) is 0 Å². The van der Waals surface area contributed by atoms with Crippen molar-refractivity contribution in [2.75, 3.05) is 13.2 Å². The second-order valence-corrected chi connectivity index (χ2v) is 4.85. The number of aliphatic hydroxyl groups is 1. The van der Waals surface area contributed by atoms with Gasteiger partial charge in [-0.25, -0.2) is 0 Å². The zero-order chi connectivity index (χ0) is 15.0. The van der Waals surface area contributed by atoms with Crippen LogP contribution in [0.25, 0.3) is 10.4 Å². The number of aliphatic hydroxyl groups excluding tert-OH is 1. The number of nitrogens with zero attached hydrogens (tertiary/aromatic N) is 3. The lowest BCUT2D eigenvalue weighted by atomic mass is 9.95. The molecule has 1 N–H and O–H groups in total. The fraction of sp³-hybridized carbons (Fsp3) is 0.600. The predicted molar refractivity (Wildman–Crippen MR) is 79.9 cm³/mol. The molecule has 0 radical (unpaired) electrons. The van der Waals surface area contributed by atoms with Crippen LogP contribution in [0.4, 0.5) is 0 Å². The fourth-order valence-corrected chi connectivity index (χ4v) is 2.27. The molecule has 0 saturated carbocycles. The predicted octanol–water partition coefficient (Wildman–Crippen LogP) is 4.22. The van der Waals surface area contributed by atoms with E-state index < -0.39 is 0 Å². The van der Waals surface area contributed by atoms with E-state index in [4.69, 9.17) is 15.4 Å². The molecule has 0 aliphatic rings. The van der Waals surface area contributed by atoms with Crippen LogP contribution in [0.5, 0.6) is 5.75 Å². The Morgan fingerprint density at radius 1 is 1.30 bits per heavy atom. The molecule has 5 heteroatoms. The van der Waals surface area contributed by atoms with E-state index in [2.05, 4.69) is 10.0 Å². The molecular weight excluding hydrogens is 254 g/mol. The highest BCUT2D eigenvalue weighted by Gasteiger charge is 2.14. The highest BCUT2D eigenvalue weighted by Crippen LogP contribution is 2.31. The number of aryl methyl sites for hydroxylation is 2. The molecule has 110 valence electrons. The molecule has 1 rings (SSSR count). The summed E-state index contributed by atoms with van der Waals surface area (Å²) in [5.74, 6) is 0.879. The van der Waals surface area contributed by atoms with Gasteiger partial charge in [-0.15, -0.1) is 0 Å². The average molecular weight is 277 g/mol. The summed E-state index contributed by atoms with van der Waals surface area (Å²) in [7, 11) is 0. The van der Waals surface area contributed by atoms with E-state index in [-0.39, 0.29) is 12.6 Å². The highest BCUT2D eigenvalue weighted by molar-refractivity contribution is 5.43. The number of hydrogen-bond donors (Lipinski definition) is 1. The normalized spacial score (nSPS) is 11.8. The molecule has 20 heavy (non-hydrogen) atoms. The van der Waals surface area contributed by atoms with Gasteiger partial charge >= 0.3 is 0 Å². The third-order valence-electron chi connectivity index (χ3n) is 3.30. The van der Waals surface area contributed by atoms with Crippen molar-refractivity contribution in [3.63, 3.8) is 0 Å². The van der Waals surface area contributed by atoms with Gasteiger partial charge in [0.2, 0.25) is 0 Å². The smallest absolute Gasteiger partial charge is 0.122 e. The zero-order valence-corrected chi connectivity index (χ0v) is 12.5. The Kier molecular flexibility index (Phi) is 6.91. The molecule has 1 atom stereocenters. The van der Waals surface area contributed by atoms with Gasteiger partial charge in [-0.2, -0.15) is 0 Å². The van der Waals surface area contributed by atoms with E-state index in [0.717, 1.165) is 41.7 Å². The molecule has 0 bridgehead atoms. The summed E-state index contributed by atoms with van der Waals surface area (Å²) in [5, 5.41) is 12.8. The fourth-order valence-electron chi connectivity index (χ4n) is 2.27. The van der Waals surface area contributed by atoms with Gasteiger partial charge < -0.3 is 9.84 Å². The van der Waals surface area contributed by atoms with Gasteiger partial charge in [-0.3, -0.25) is 0 Å². The molecule has 0 fully saturated rings. The number of benzene rings is 1. The van der Waals surface area contributed by atoms with Gasteiger partial charge in [-0.1, -0.05) is 17.6 Å². The van der Waals surface area contributed by atoms with Crippen LogP contribution >= 0.6 is 0 Å². The van der Waals surface area contributed by atoms with Gasteiger partial charge in [0.25, 0.3) is 0 Å². The first-order chi connectivity index (χ1) is 9.63. The molecule has 0 aromatic heterocycles. The van der Waals surface area contributed by atoms with Crippen molar-refractivity contribution in [2.45, 2.75) is 46.1 Å².